The molecule has 0 radical (unpaired) electrons. The van der Waals surface area contributed by atoms with Gasteiger partial charge in [0.05, 0.1) is 0 Å². The first-order chi connectivity index (χ1) is 8.16. The van der Waals surface area contributed by atoms with Crippen LogP contribution in [0.15, 0.2) is 18.2 Å². The normalized spacial score (nSPS) is 17.4. The van der Waals surface area contributed by atoms with Crippen LogP contribution in [-0.2, 0) is 0 Å². The molecule has 0 amide bonds. The van der Waals surface area contributed by atoms with Crippen molar-refractivity contribution in [3.05, 3.63) is 29.3 Å². The smallest absolute Gasteiger partial charge is 0.0316 e. The Balaban J connectivity index is 0.000000686. The highest BCUT2D eigenvalue weighted by Crippen LogP contribution is 2.30. The number of rotatable bonds is 1. The highest BCUT2D eigenvalue weighted by Gasteiger charge is 2.19. The van der Waals surface area contributed by atoms with Crippen LogP contribution in [0.25, 0.3) is 0 Å². The molecular weight excluding hydrogens is 208 g/mol. The van der Waals surface area contributed by atoms with Gasteiger partial charge in [-0.3, -0.25) is 0 Å². The van der Waals surface area contributed by atoms with Gasteiger partial charge in [0.2, 0.25) is 0 Å². The monoisotopic (exact) mass is 234 g/mol. The summed E-state index contributed by atoms with van der Waals surface area (Å²) in [6.07, 6.45) is 2.56. The molecular formula is C15H26N2. The van der Waals surface area contributed by atoms with Gasteiger partial charge in [-0.2, -0.15) is 0 Å². The van der Waals surface area contributed by atoms with Gasteiger partial charge in [-0.15, -0.1) is 0 Å². The van der Waals surface area contributed by atoms with Crippen LogP contribution in [0, 0.1) is 6.92 Å². The molecule has 0 spiro atoms. The number of likely N-dealkylation sites (tertiary alicyclic amines) is 1. The second kappa shape index (κ2) is 6.65. The minimum absolute atomic E-state index is 0.738. The lowest BCUT2D eigenvalue weighted by Crippen LogP contribution is -2.29. The molecule has 0 unspecified atom stereocenters. The average molecular weight is 234 g/mol. The molecule has 1 aromatic rings. The molecule has 1 saturated heterocycles. The average Bonchev–Trinajstić information content (AvgIpc) is 2.33. The Kier molecular flexibility index (Phi) is 5.49. The number of nitrogens with zero attached hydrogens (tertiary/aromatic N) is 1. The van der Waals surface area contributed by atoms with E-state index in [1.54, 1.807) is 0 Å². The highest BCUT2D eigenvalue weighted by molar-refractivity contribution is 5.45. The first-order valence-electron chi connectivity index (χ1n) is 6.71. The van der Waals surface area contributed by atoms with E-state index in [-0.39, 0.29) is 0 Å². The van der Waals surface area contributed by atoms with Gasteiger partial charge in [-0.05, 0) is 69.1 Å². The number of nitrogen functional groups attached to an aromatic ring is 1. The molecule has 0 aliphatic carbocycles. The molecule has 0 bridgehead atoms. The topological polar surface area (TPSA) is 29.3 Å². The van der Waals surface area contributed by atoms with Gasteiger partial charge >= 0.3 is 0 Å². The highest BCUT2D eigenvalue weighted by atomic mass is 15.1. The summed E-state index contributed by atoms with van der Waals surface area (Å²) in [5.41, 5.74) is 9.50. The van der Waals surface area contributed by atoms with Gasteiger partial charge < -0.3 is 10.6 Å². The molecule has 96 valence electrons. The third-order valence-corrected chi connectivity index (χ3v) is 3.45. The zero-order chi connectivity index (χ0) is 12.8. The standard InChI is InChI=1S/C13H20N2.C2H6/c1-10-9-12(14)3-4-13(10)11-5-7-15(2)8-6-11;1-2/h3-4,9,11H,5-8,14H2,1-2H3;1-2H3. The number of hydrogen-bond acceptors (Lipinski definition) is 2. The predicted molar refractivity (Wildman–Crippen MR) is 76.4 cm³/mol. The van der Waals surface area contributed by atoms with Crippen molar-refractivity contribution in [2.45, 2.75) is 39.5 Å². The Hall–Kier alpha value is -1.02. The van der Waals surface area contributed by atoms with Gasteiger partial charge in [0.25, 0.3) is 0 Å². The van der Waals surface area contributed by atoms with E-state index in [1.807, 2.05) is 19.9 Å². The van der Waals surface area contributed by atoms with Gasteiger partial charge in [0, 0.05) is 5.69 Å². The summed E-state index contributed by atoms with van der Waals surface area (Å²) in [4.78, 5) is 2.41. The number of hydrogen-bond donors (Lipinski definition) is 1. The Labute approximate surface area is 106 Å². The molecule has 17 heavy (non-hydrogen) atoms. The van der Waals surface area contributed by atoms with E-state index in [2.05, 4.69) is 31.0 Å². The summed E-state index contributed by atoms with van der Waals surface area (Å²) in [5, 5.41) is 0. The molecule has 0 atom stereocenters. The molecule has 2 N–H and O–H groups in total. The van der Waals surface area contributed by atoms with Crippen molar-refractivity contribution < 1.29 is 0 Å². The number of anilines is 1. The maximum absolute atomic E-state index is 5.77. The van der Waals surface area contributed by atoms with E-state index >= 15 is 0 Å². The molecule has 2 rings (SSSR count). The summed E-state index contributed by atoms with van der Waals surface area (Å²) >= 11 is 0. The van der Waals surface area contributed by atoms with Crippen LogP contribution < -0.4 is 5.73 Å². The third-order valence-electron chi connectivity index (χ3n) is 3.45. The van der Waals surface area contributed by atoms with Crippen molar-refractivity contribution in [3.8, 4) is 0 Å². The predicted octanol–water partition coefficient (Wildman–Crippen LogP) is 3.41. The molecule has 0 aromatic heterocycles. The first kappa shape index (κ1) is 14.0. The van der Waals surface area contributed by atoms with Crippen molar-refractivity contribution in [1.82, 2.24) is 4.90 Å². The van der Waals surface area contributed by atoms with E-state index in [9.17, 15) is 0 Å². The van der Waals surface area contributed by atoms with E-state index in [0.717, 1.165) is 11.6 Å². The van der Waals surface area contributed by atoms with Crippen LogP contribution >= 0.6 is 0 Å². The number of aryl methyl sites for hydroxylation is 1. The fraction of sp³-hybridized carbons (Fsp3) is 0.600. The molecule has 2 heteroatoms. The van der Waals surface area contributed by atoms with Gasteiger partial charge in [0.1, 0.15) is 0 Å². The minimum atomic E-state index is 0.738. The van der Waals surface area contributed by atoms with Gasteiger partial charge in [0.15, 0.2) is 0 Å². The van der Waals surface area contributed by atoms with Crippen LogP contribution in [0.1, 0.15) is 43.7 Å². The van der Waals surface area contributed by atoms with Crippen molar-refractivity contribution in [1.29, 1.82) is 0 Å². The largest absolute Gasteiger partial charge is 0.399 e. The van der Waals surface area contributed by atoms with Gasteiger partial charge in [-0.25, -0.2) is 0 Å². The lowest BCUT2D eigenvalue weighted by Gasteiger charge is -2.30. The summed E-state index contributed by atoms with van der Waals surface area (Å²) in [6.45, 7) is 8.60. The van der Waals surface area contributed by atoms with Crippen LogP contribution in [0.3, 0.4) is 0 Å². The number of benzene rings is 1. The minimum Gasteiger partial charge on any atom is -0.399 e. The maximum atomic E-state index is 5.77. The van der Waals surface area contributed by atoms with E-state index in [1.165, 1.54) is 37.1 Å². The zero-order valence-electron chi connectivity index (χ0n) is 11.7. The Morgan fingerprint density at radius 2 is 1.76 bits per heavy atom. The van der Waals surface area contributed by atoms with E-state index in [0.29, 0.717) is 0 Å². The van der Waals surface area contributed by atoms with Crippen LogP contribution in [0.2, 0.25) is 0 Å². The van der Waals surface area contributed by atoms with E-state index < -0.39 is 0 Å². The Morgan fingerprint density at radius 1 is 1.18 bits per heavy atom. The molecule has 1 aliphatic rings. The fourth-order valence-electron chi connectivity index (χ4n) is 2.48. The first-order valence-corrected chi connectivity index (χ1v) is 6.71. The van der Waals surface area contributed by atoms with E-state index in [4.69, 9.17) is 5.73 Å². The SMILES string of the molecule is CC.Cc1cc(N)ccc1C1CCN(C)CC1. The fourth-order valence-corrected chi connectivity index (χ4v) is 2.48. The number of nitrogens with two attached hydrogens (primary N) is 1. The third kappa shape index (κ3) is 3.74. The molecule has 0 saturated carbocycles. The lowest BCUT2D eigenvalue weighted by molar-refractivity contribution is 0.255. The Bertz CT molecular complexity index is 339. The summed E-state index contributed by atoms with van der Waals surface area (Å²) < 4.78 is 0. The molecule has 2 nitrogen and oxygen atoms in total. The van der Waals surface area contributed by atoms with Gasteiger partial charge in [-0.1, -0.05) is 19.9 Å². The van der Waals surface area contributed by atoms with Crippen molar-refractivity contribution in [2.75, 3.05) is 25.9 Å². The maximum Gasteiger partial charge on any atom is 0.0316 e. The quantitative estimate of drug-likeness (QED) is 0.754. The second-order valence-corrected chi connectivity index (χ2v) is 4.69. The summed E-state index contributed by atoms with van der Waals surface area (Å²) in [6, 6.07) is 6.33. The summed E-state index contributed by atoms with van der Waals surface area (Å²) in [7, 11) is 2.20. The second-order valence-electron chi connectivity index (χ2n) is 4.69. The van der Waals surface area contributed by atoms with Crippen LogP contribution in [0.5, 0.6) is 0 Å². The zero-order valence-corrected chi connectivity index (χ0v) is 11.7. The molecule has 1 aromatic carbocycles. The van der Waals surface area contributed by atoms with Crippen molar-refractivity contribution in [2.24, 2.45) is 0 Å². The number of piperidine rings is 1. The van der Waals surface area contributed by atoms with Crippen molar-refractivity contribution >= 4 is 5.69 Å². The Morgan fingerprint density at radius 3 is 2.29 bits per heavy atom. The van der Waals surface area contributed by atoms with Crippen molar-refractivity contribution in [3.63, 3.8) is 0 Å². The lowest BCUT2D eigenvalue weighted by atomic mass is 9.87. The molecule has 1 fully saturated rings. The van der Waals surface area contributed by atoms with Crippen LogP contribution in [-0.4, -0.2) is 25.0 Å². The molecule has 1 aliphatic heterocycles. The molecule has 1 heterocycles. The summed E-state index contributed by atoms with van der Waals surface area (Å²) in [5.74, 6) is 0.738. The van der Waals surface area contributed by atoms with Crippen LogP contribution in [0.4, 0.5) is 5.69 Å².